The average Bonchev–Trinajstić information content (AvgIpc) is 2.45. The molecule has 2 heterocycles. The minimum absolute atomic E-state index is 0. The van der Waals surface area contributed by atoms with Crippen LogP contribution in [0.5, 0.6) is 0 Å². The van der Waals surface area contributed by atoms with Gasteiger partial charge in [-0.25, -0.2) is 0 Å². The van der Waals surface area contributed by atoms with E-state index in [0.29, 0.717) is 0 Å². The van der Waals surface area contributed by atoms with Gasteiger partial charge in [-0.2, -0.15) is 0 Å². The van der Waals surface area contributed by atoms with Gasteiger partial charge in [0, 0.05) is 37.2 Å². The number of rotatable bonds is 0. The van der Waals surface area contributed by atoms with E-state index in [9.17, 15) is 0 Å². The van der Waals surface area contributed by atoms with E-state index >= 15 is 0 Å². The predicted molar refractivity (Wildman–Crippen MR) is 65.3 cm³/mol. The molecule has 0 saturated heterocycles. The molecule has 1 aliphatic rings. The molecule has 0 spiro atoms. The van der Waals surface area contributed by atoms with Crippen molar-refractivity contribution >= 4 is 23.3 Å². The molecule has 80 valence electrons. The number of benzene rings is 1. The molecule has 0 saturated carbocycles. The first-order valence-electron chi connectivity index (χ1n) is 5.00. The summed E-state index contributed by atoms with van der Waals surface area (Å²) in [6, 6.07) is 6.59. The van der Waals surface area contributed by atoms with Crippen molar-refractivity contribution in [3.8, 4) is 0 Å². The summed E-state index contributed by atoms with van der Waals surface area (Å²) in [5, 5.41) is 1.48. The minimum Gasteiger partial charge on any atom is -0.350 e. The third-order valence-electron chi connectivity index (χ3n) is 3.06. The van der Waals surface area contributed by atoms with E-state index in [2.05, 4.69) is 48.0 Å². The molecule has 0 unspecified atom stereocenters. The van der Waals surface area contributed by atoms with Gasteiger partial charge in [0.2, 0.25) is 0 Å². The van der Waals surface area contributed by atoms with Gasteiger partial charge in [-0.05, 0) is 24.2 Å². The first-order valence-corrected chi connectivity index (χ1v) is 5.00. The Morgan fingerprint density at radius 3 is 2.60 bits per heavy atom. The standard InChI is InChI=1S/C12H14N2.ClH/c1-13-6-9-4-3-5-11-12(9)10(7-13)8-14(11)2;/h3-5,8H,6-7H2,1-2H3;1H. The molecule has 0 radical (unpaired) electrons. The average molecular weight is 223 g/mol. The van der Waals surface area contributed by atoms with Gasteiger partial charge in [-0.15, -0.1) is 12.4 Å². The summed E-state index contributed by atoms with van der Waals surface area (Å²) in [6.45, 7) is 2.16. The fraction of sp³-hybridized carbons (Fsp3) is 0.333. The van der Waals surface area contributed by atoms with Gasteiger partial charge < -0.3 is 4.57 Å². The molecule has 1 aromatic heterocycles. The van der Waals surface area contributed by atoms with Crippen molar-refractivity contribution in [2.24, 2.45) is 7.05 Å². The molecule has 0 amide bonds. The van der Waals surface area contributed by atoms with E-state index in [4.69, 9.17) is 0 Å². The largest absolute Gasteiger partial charge is 0.350 e. The van der Waals surface area contributed by atoms with Gasteiger partial charge in [0.1, 0.15) is 0 Å². The molecule has 0 N–H and O–H groups in total. The lowest BCUT2D eigenvalue weighted by Gasteiger charge is -2.22. The first-order chi connectivity index (χ1) is 6.75. The Hall–Kier alpha value is -0.990. The van der Waals surface area contributed by atoms with Gasteiger partial charge >= 0.3 is 0 Å². The maximum Gasteiger partial charge on any atom is 0.0484 e. The van der Waals surface area contributed by atoms with E-state index in [1.807, 2.05) is 0 Å². The molecule has 1 aromatic carbocycles. The summed E-state index contributed by atoms with van der Waals surface area (Å²) in [4.78, 5) is 2.36. The second-order valence-corrected chi connectivity index (χ2v) is 4.25. The van der Waals surface area contributed by atoms with Crippen LogP contribution in [-0.2, 0) is 20.1 Å². The van der Waals surface area contributed by atoms with Crippen LogP contribution in [0.4, 0.5) is 0 Å². The molecule has 0 bridgehead atoms. The zero-order chi connectivity index (χ0) is 9.71. The monoisotopic (exact) mass is 222 g/mol. The number of hydrogen-bond acceptors (Lipinski definition) is 1. The zero-order valence-corrected chi connectivity index (χ0v) is 9.84. The Morgan fingerprint density at radius 1 is 1.07 bits per heavy atom. The first kappa shape index (κ1) is 10.5. The van der Waals surface area contributed by atoms with Crippen molar-refractivity contribution in [2.75, 3.05) is 7.05 Å². The Balaban J connectivity index is 0.000000853. The van der Waals surface area contributed by atoms with Crippen molar-refractivity contribution in [3.63, 3.8) is 0 Å². The lowest BCUT2D eigenvalue weighted by molar-refractivity contribution is 0.314. The highest BCUT2D eigenvalue weighted by Crippen LogP contribution is 2.30. The van der Waals surface area contributed by atoms with Crippen molar-refractivity contribution < 1.29 is 0 Å². The molecular formula is C12H15ClN2. The van der Waals surface area contributed by atoms with Gasteiger partial charge in [-0.1, -0.05) is 12.1 Å². The highest BCUT2D eigenvalue weighted by atomic mass is 35.5. The summed E-state index contributed by atoms with van der Waals surface area (Å²) in [6.07, 6.45) is 2.25. The second kappa shape index (κ2) is 3.54. The molecule has 2 aromatic rings. The van der Waals surface area contributed by atoms with E-state index in [1.54, 1.807) is 0 Å². The van der Waals surface area contributed by atoms with E-state index in [0.717, 1.165) is 13.1 Å². The minimum atomic E-state index is 0. The summed E-state index contributed by atoms with van der Waals surface area (Å²) >= 11 is 0. The number of hydrogen-bond donors (Lipinski definition) is 0. The van der Waals surface area contributed by atoms with Gasteiger partial charge in [-0.3, -0.25) is 4.90 Å². The van der Waals surface area contributed by atoms with Crippen molar-refractivity contribution in [3.05, 3.63) is 35.5 Å². The Labute approximate surface area is 95.9 Å². The van der Waals surface area contributed by atoms with Gasteiger partial charge in [0.25, 0.3) is 0 Å². The van der Waals surface area contributed by atoms with Crippen LogP contribution in [-0.4, -0.2) is 16.5 Å². The van der Waals surface area contributed by atoms with Crippen LogP contribution in [0.3, 0.4) is 0 Å². The summed E-state index contributed by atoms with van der Waals surface area (Å²) < 4.78 is 2.23. The third-order valence-corrected chi connectivity index (χ3v) is 3.06. The molecule has 1 aliphatic heterocycles. The topological polar surface area (TPSA) is 8.17 Å². The smallest absolute Gasteiger partial charge is 0.0484 e. The van der Waals surface area contributed by atoms with Crippen molar-refractivity contribution in [1.82, 2.24) is 9.47 Å². The van der Waals surface area contributed by atoms with Crippen LogP contribution in [0.25, 0.3) is 10.9 Å². The SMILES string of the molecule is CN1Cc2cccc3c2c(cn3C)C1.Cl. The van der Waals surface area contributed by atoms with Crippen LogP contribution in [0.2, 0.25) is 0 Å². The summed E-state index contributed by atoms with van der Waals surface area (Å²) in [7, 11) is 4.30. The van der Waals surface area contributed by atoms with E-state index < -0.39 is 0 Å². The Morgan fingerprint density at radius 2 is 1.80 bits per heavy atom. The molecule has 0 aliphatic carbocycles. The van der Waals surface area contributed by atoms with Crippen LogP contribution >= 0.6 is 12.4 Å². The van der Waals surface area contributed by atoms with Gasteiger partial charge in [0.15, 0.2) is 0 Å². The van der Waals surface area contributed by atoms with Crippen LogP contribution in [0, 0.1) is 0 Å². The van der Waals surface area contributed by atoms with Crippen LogP contribution < -0.4 is 0 Å². The normalized spacial score (nSPS) is 15.3. The molecule has 3 rings (SSSR count). The lowest BCUT2D eigenvalue weighted by Crippen LogP contribution is -2.20. The quantitative estimate of drug-likeness (QED) is 0.665. The lowest BCUT2D eigenvalue weighted by atomic mass is 10.0. The van der Waals surface area contributed by atoms with Crippen LogP contribution in [0.15, 0.2) is 24.4 Å². The fourth-order valence-electron chi connectivity index (χ4n) is 2.51. The molecule has 3 heteroatoms. The highest BCUT2D eigenvalue weighted by molar-refractivity contribution is 5.87. The predicted octanol–water partition coefficient (Wildman–Crippen LogP) is 2.55. The molecule has 0 atom stereocenters. The number of aromatic nitrogens is 1. The summed E-state index contributed by atoms with van der Waals surface area (Å²) in [5.41, 5.74) is 4.30. The van der Waals surface area contributed by atoms with Crippen molar-refractivity contribution in [2.45, 2.75) is 13.1 Å². The maximum absolute atomic E-state index is 2.36. The van der Waals surface area contributed by atoms with Crippen LogP contribution in [0.1, 0.15) is 11.1 Å². The highest BCUT2D eigenvalue weighted by Gasteiger charge is 2.17. The molecule has 0 fully saturated rings. The summed E-state index contributed by atoms with van der Waals surface area (Å²) in [5.74, 6) is 0. The Kier molecular flexibility index (Phi) is 2.49. The van der Waals surface area contributed by atoms with Crippen molar-refractivity contribution in [1.29, 1.82) is 0 Å². The maximum atomic E-state index is 2.36. The van der Waals surface area contributed by atoms with E-state index in [-0.39, 0.29) is 12.4 Å². The third kappa shape index (κ3) is 1.45. The zero-order valence-electron chi connectivity index (χ0n) is 9.03. The molecule has 15 heavy (non-hydrogen) atoms. The second-order valence-electron chi connectivity index (χ2n) is 4.25. The molecule has 2 nitrogen and oxygen atoms in total. The number of aryl methyl sites for hydroxylation is 1. The fourth-order valence-corrected chi connectivity index (χ4v) is 2.51. The number of nitrogens with zero attached hydrogens (tertiary/aromatic N) is 2. The van der Waals surface area contributed by atoms with E-state index in [1.165, 1.54) is 22.0 Å². The number of halogens is 1. The van der Waals surface area contributed by atoms with Gasteiger partial charge in [0.05, 0.1) is 0 Å². The Bertz CT molecular complexity index is 502. The molecular weight excluding hydrogens is 208 g/mol.